The molecule has 0 aliphatic heterocycles. The fourth-order valence-electron chi connectivity index (χ4n) is 2.62. The Morgan fingerprint density at radius 1 is 0.846 bits per heavy atom. The van der Waals surface area contributed by atoms with Crippen LogP contribution >= 0.6 is 0 Å². The van der Waals surface area contributed by atoms with Crippen LogP contribution in [-0.4, -0.2) is 31.8 Å². The van der Waals surface area contributed by atoms with Crippen LogP contribution in [0.2, 0.25) is 0 Å². The molecule has 5 heteroatoms. The number of ether oxygens (including phenoxy) is 2. The Bertz CT molecular complexity index is 358. The van der Waals surface area contributed by atoms with E-state index in [1.165, 1.54) is 51.0 Å². The molecule has 0 aromatic carbocycles. The Labute approximate surface area is 159 Å². The first kappa shape index (κ1) is 24.5. The molecule has 0 rings (SSSR count). The molecule has 0 saturated carbocycles. The van der Waals surface area contributed by atoms with Crippen LogP contribution in [0, 0.1) is 0 Å². The molecule has 0 aliphatic rings. The average Bonchev–Trinajstić information content (AvgIpc) is 2.64. The third-order valence-corrected chi connectivity index (χ3v) is 4.17. The van der Waals surface area contributed by atoms with Crippen molar-refractivity contribution in [3.8, 4) is 0 Å². The van der Waals surface area contributed by atoms with Gasteiger partial charge in [0, 0.05) is 13.0 Å². The zero-order valence-electron chi connectivity index (χ0n) is 16.7. The number of hydrogen-bond donors (Lipinski definition) is 1. The van der Waals surface area contributed by atoms with Crippen molar-refractivity contribution in [2.24, 2.45) is 0 Å². The Hall–Kier alpha value is -1.52. The van der Waals surface area contributed by atoms with E-state index in [1.807, 2.05) is 0 Å². The topological polar surface area (TPSA) is 64.6 Å². The molecule has 0 heterocycles. The molecule has 26 heavy (non-hydrogen) atoms. The number of carbonyl (C=O) groups excluding carboxylic acids is 2. The quantitative estimate of drug-likeness (QED) is 0.196. The molecule has 5 nitrogen and oxygen atoms in total. The Morgan fingerprint density at radius 2 is 1.46 bits per heavy atom. The van der Waals surface area contributed by atoms with Gasteiger partial charge in [-0.2, -0.15) is 0 Å². The first-order valence-corrected chi connectivity index (χ1v) is 10.4. The van der Waals surface area contributed by atoms with Crippen molar-refractivity contribution in [3.63, 3.8) is 0 Å². The molecule has 0 saturated heterocycles. The van der Waals surface area contributed by atoms with Gasteiger partial charge in [-0.1, -0.05) is 77.4 Å². The molecule has 0 aromatic rings. The minimum Gasteiger partial charge on any atom is -0.466 e. The molecule has 0 aromatic heterocycles. The lowest BCUT2D eigenvalue weighted by atomic mass is 10.1. The molecule has 0 radical (unpaired) electrons. The van der Waals surface area contributed by atoms with E-state index in [1.54, 1.807) is 0 Å². The monoisotopic (exact) mass is 369 g/mol. The summed E-state index contributed by atoms with van der Waals surface area (Å²) in [5, 5.41) is 2.65. The van der Waals surface area contributed by atoms with Crippen LogP contribution in [0.25, 0.3) is 0 Å². The predicted octanol–water partition coefficient (Wildman–Crippen LogP) is 5.53. The van der Waals surface area contributed by atoms with Gasteiger partial charge in [0.2, 0.25) is 0 Å². The van der Waals surface area contributed by atoms with E-state index in [-0.39, 0.29) is 12.6 Å². The largest absolute Gasteiger partial charge is 0.466 e. The van der Waals surface area contributed by atoms with Crippen molar-refractivity contribution >= 4 is 12.1 Å². The number of amides is 1. The summed E-state index contributed by atoms with van der Waals surface area (Å²) in [6.45, 7) is 7.04. The summed E-state index contributed by atoms with van der Waals surface area (Å²) in [5.74, 6) is -0.108. The number of carbonyl (C=O) groups is 2. The maximum atomic E-state index is 11.6. The first-order valence-electron chi connectivity index (χ1n) is 10.4. The van der Waals surface area contributed by atoms with Crippen molar-refractivity contribution in [2.75, 3.05) is 19.8 Å². The van der Waals surface area contributed by atoms with Crippen molar-refractivity contribution in [1.82, 2.24) is 5.32 Å². The summed E-state index contributed by atoms with van der Waals surface area (Å²) in [6, 6.07) is 0. The highest BCUT2D eigenvalue weighted by Crippen LogP contribution is 2.09. The third-order valence-electron chi connectivity index (χ3n) is 4.17. The molecule has 0 unspecified atom stereocenters. The van der Waals surface area contributed by atoms with Gasteiger partial charge in [0.15, 0.2) is 0 Å². The van der Waals surface area contributed by atoms with Gasteiger partial charge in [-0.25, -0.2) is 4.79 Å². The summed E-state index contributed by atoms with van der Waals surface area (Å²) in [7, 11) is 0. The van der Waals surface area contributed by atoms with Gasteiger partial charge in [0.1, 0.15) is 6.61 Å². The van der Waals surface area contributed by atoms with Gasteiger partial charge in [-0.3, -0.25) is 4.79 Å². The van der Waals surface area contributed by atoms with Gasteiger partial charge < -0.3 is 14.8 Å². The van der Waals surface area contributed by atoms with Crippen LogP contribution in [-0.2, 0) is 14.3 Å². The van der Waals surface area contributed by atoms with Crippen molar-refractivity contribution < 1.29 is 19.1 Å². The number of unbranched alkanes of at least 4 members (excludes halogenated alkanes) is 10. The fraction of sp³-hybridized carbons (Fsp3) is 0.810. The summed E-state index contributed by atoms with van der Waals surface area (Å²) < 4.78 is 10.0. The first-order chi connectivity index (χ1) is 12.7. The molecule has 1 amide bonds. The molecule has 0 bridgehead atoms. The molecule has 0 atom stereocenters. The van der Waals surface area contributed by atoms with Gasteiger partial charge >= 0.3 is 12.1 Å². The number of esters is 1. The number of alkyl carbamates (subject to hydrolysis) is 1. The second kappa shape index (κ2) is 19.8. The van der Waals surface area contributed by atoms with E-state index in [0.29, 0.717) is 19.6 Å². The Kier molecular flexibility index (Phi) is 18.6. The molecule has 0 aliphatic carbocycles. The van der Waals surface area contributed by atoms with Crippen LogP contribution in [0.3, 0.4) is 0 Å². The normalized spacial score (nSPS) is 10.3. The summed E-state index contributed by atoms with van der Waals surface area (Å²) in [5.41, 5.74) is 0. The van der Waals surface area contributed by atoms with Crippen LogP contribution < -0.4 is 5.32 Å². The molecule has 0 fully saturated rings. The lowest BCUT2D eigenvalue weighted by Crippen LogP contribution is -2.25. The van der Waals surface area contributed by atoms with Crippen molar-refractivity contribution in [2.45, 2.75) is 90.4 Å². The zero-order chi connectivity index (χ0) is 19.3. The fourth-order valence-corrected chi connectivity index (χ4v) is 2.62. The summed E-state index contributed by atoms with van der Waals surface area (Å²) in [6.07, 6.45) is 15.4. The van der Waals surface area contributed by atoms with Crippen molar-refractivity contribution in [3.05, 3.63) is 12.7 Å². The van der Waals surface area contributed by atoms with Crippen LogP contribution in [0.5, 0.6) is 0 Å². The second-order valence-corrected chi connectivity index (χ2v) is 6.67. The lowest BCUT2D eigenvalue weighted by Gasteiger charge is -2.06. The maximum Gasteiger partial charge on any atom is 0.407 e. The maximum absolute atomic E-state index is 11.6. The minimum atomic E-state index is -0.426. The molecular weight excluding hydrogens is 330 g/mol. The van der Waals surface area contributed by atoms with E-state index in [4.69, 9.17) is 9.47 Å². The number of rotatable bonds is 18. The molecule has 1 N–H and O–H groups in total. The van der Waals surface area contributed by atoms with E-state index in [9.17, 15) is 9.59 Å². The van der Waals surface area contributed by atoms with Crippen LogP contribution in [0.1, 0.15) is 90.4 Å². The number of nitrogens with one attached hydrogen (secondary N) is 1. The van der Waals surface area contributed by atoms with E-state index in [2.05, 4.69) is 18.8 Å². The van der Waals surface area contributed by atoms with Gasteiger partial charge in [0.05, 0.1) is 6.61 Å². The molecule has 152 valence electrons. The summed E-state index contributed by atoms with van der Waals surface area (Å²) >= 11 is 0. The van der Waals surface area contributed by atoms with Crippen molar-refractivity contribution in [1.29, 1.82) is 0 Å². The zero-order valence-corrected chi connectivity index (χ0v) is 16.7. The summed E-state index contributed by atoms with van der Waals surface area (Å²) in [4.78, 5) is 22.8. The van der Waals surface area contributed by atoms with Crippen LogP contribution in [0.4, 0.5) is 4.79 Å². The Balaban J connectivity index is 3.25. The third kappa shape index (κ3) is 18.8. The van der Waals surface area contributed by atoms with E-state index >= 15 is 0 Å². The van der Waals surface area contributed by atoms with Crippen LogP contribution in [0.15, 0.2) is 12.7 Å². The molecular formula is C21H39NO4. The smallest absolute Gasteiger partial charge is 0.407 e. The standard InChI is InChI=1S/C21H39NO4/c1-3-5-6-7-8-9-10-11-15-19-25-20(23)16-13-12-14-17-22-21(24)26-18-4-2/h4H,2-3,5-19H2,1H3,(H,22,24). The molecule has 0 spiro atoms. The van der Waals surface area contributed by atoms with E-state index < -0.39 is 6.09 Å². The van der Waals surface area contributed by atoms with Gasteiger partial charge in [-0.05, 0) is 19.3 Å². The lowest BCUT2D eigenvalue weighted by molar-refractivity contribution is -0.143. The van der Waals surface area contributed by atoms with Gasteiger partial charge in [-0.15, -0.1) is 0 Å². The second-order valence-electron chi connectivity index (χ2n) is 6.67. The highest BCUT2D eigenvalue weighted by molar-refractivity contribution is 5.69. The number of hydrogen-bond acceptors (Lipinski definition) is 4. The Morgan fingerprint density at radius 3 is 2.12 bits per heavy atom. The predicted molar refractivity (Wildman–Crippen MR) is 106 cm³/mol. The SMILES string of the molecule is C=CCOC(=O)NCCCCCC(=O)OCCCCCCCCCCC. The van der Waals surface area contributed by atoms with E-state index in [0.717, 1.165) is 32.1 Å². The highest BCUT2D eigenvalue weighted by Gasteiger charge is 2.03. The van der Waals surface area contributed by atoms with Gasteiger partial charge in [0.25, 0.3) is 0 Å². The average molecular weight is 370 g/mol. The highest BCUT2D eigenvalue weighted by atomic mass is 16.5. The minimum absolute atomic E-state index is 0.108.